The number of rotatable bonds is 3. The number of hydrogen-bond acceptors (Lipinski definition) is 8. The largest absolute Gasteiger partial charge is 0.332 e. The van der Waals surface area contributed by atoms with E-state index >= 15 is 0 Å². The van der Waals surface area contributed by atoms with E-state index in [1.807, 2.05) is 37.3 Å². The molecule has 1 aliphatic heterocycles. The Morgan fingerprint density at radius 2 is 2.11 bits per heavy atom. The highest BCUT2D eigenvalue weighted by Crippen LogP contribution is 2.26. The molecule has 1 aromatic carbocycles. The van der Waals surface area contributed by atoms with Crippen molar-refractivity contribution in [3.05, 3.63) is 48.0 Å². The van der Waals surface area contributed by atoms with Crippen molar-refractivity contribution in [3.8, 4) is 17.3 Å². The van der Waals surface area contributed by atoms with Crippen LogP contribution in [0, 0.1) is 6.92 Å². The van der Waals surface area contributed by atoms with Crippen molar-refractivity contribution in [3.63, 3.8) is 0 Å². The highest BCUT2D eigenvalue weighted by atomic mass is 16.5. The summed E-state index contributed by atoms with van der Waals surface area (Å²) in [6.45, 7) is 4.64. The van der Waals surface area contributed by atoms with Crippen molar-refractivity contribution in [2.45, 2.75) is 13.0 Å². The Bertz CT molecular complexity index is 1130. The highest BCUT2D eigenvalue weighted by Gasteiger charge is 2.27. The van der Waals surface area contributed by atoms with Gasteiger partial charge in [-0.2, -0.15) is 4.98 Å². The predicted molar refractivity (Wildman–Crippen MR) is 103 cm³/mol. The molecule has 28 heavy (non-hydrogen) atoms. The van der Waals surface area contributed by atoms with E-state index in [1.165, 1.54) is 0 Å². The average Bonchev–Trinajstić information content (AvgIpc) is 3.35. The molecular weight excluding hydrogens is 356 g/mol. The van der Waals surface area contributed by atoms with Crippen molar-refractivity contribution in [2.24, 2.45) is 0 Å². The first-order valence-corrected chi connectivity index (χ1v) is 9.24. The van der Waals surface area contributed by atoms with Gasteiger partial charge in [-0.25, -0.2) is 4.68 Å². The monoisotopic (exact) mass is 376 g/mol. The third-order valence-electron chi connectivity index (χ3n) is 5.19. The average molecular weight is 376 g/mol. The van der Waals surface area contributed by atoms with Crippen LogP contribution in [0.2, 0.25) is 0 Å². The smallest absolute Gasteiger partial charge is 0.280 e. The number of piperazine rings is 1. The molecular formula is C19H20N8O. The molecule has 1 atom stereocenters. The number of fused-ring (bicyclic) bond motifs is 1. The van der Waals surface area contributed by atoms with Gasteiger partial charge in [-0.1, -0.05) is 28.6 Å². The molecule has 9 nitrogen and oxygen atoms in total. The molecule has 1 fully saturated rings. The number of benzene rings is 1. The summed E-state index contributed by atoms with van der Waals surface area (Å²) < 4.78 is 7.29. The first-order chi connectivity index (χ1) is 13.7. The molecule has 0 aliphatic carbocycles. The molecule has 0 spiro atoms. The molecule has 4 aromatic rings. The van der Waals surface area contributed by atoms with Gasteiger partial charge in [0.15, 0.2) is 11.5 Å². The fourth-order valence-electron chi connectivity index (χ4n) is 3.58. The van der Waals surface area contributed by atoms with Crippen molar-refractivity contribution < 1.29 is 4.52 Å². The summed E-state index contributed by atoms with van der Waals surface area (Å²) in [5.74, 6) is 1.04. The van der Waals surface area contributed by atoms with E-state index in [0.717, 1.165) is 41.9 Å². The van der Waals surface area contributed by atoms with Crippen molar-refractivity contribution in [2.75, 3.05) is 26.7 Å². The molecule has 1 unspecified atom stereocenters. The minimum absolute atomic E-state index is 0.0869. The zero-order chi connectivity index (χ0) is 19.1. The lowest BCUT2D eigenvalue weighted by Gasteiger charge is -2.30. The van der Waals surface area contributed by atoms with Crippen LogP contribution in [0.15, 0.2) is 41.1 Å². The number of nitrogens with one attached hydrogen (secondary N) is 1. The van der Waals surface area contributed by atoms with Gasteiger partial charge < -0.3 is 9.84 Å². The summed E-state index contributed by atoms with van der Waals surface area (Å²) in [5, 5.41) is 17.2. The Kier molecular flexibility index (Phi) is 4.10. The van der Waals surface area contributed by atoms with E-state index in [2.05, 4.69) is 42.7 Å². The van der Waals surface area contributed by atoms with Gasteiger partial charge in [0.25, 0.3) is 5.89 Å². The molecule has 9 heteroatoms. The SMILES string of the molecule is Cc1c(-c2nc(C3CNCCN3C)no2)nnn1-c1cccc2cccnc12. The molecule has 0 amide bonds. The molecule has 0 saturated carbocycles. The van der Waals surface area contributed by atoms with Crippen molar-refractivity contribution in [1.82, 2.24) is 40.3 Å². The second-order valence-electron chi connectivity index (χ2n) is 6.95. The van der Waals surface area contributed by atoms with Gasteiger partial charge >= 0.3 is 0 Å². The van der Waals surface area contributed by atoms with E-state index in [1.54, 1.807) is 10.9 Å². The van der Waals surface area contributed by atoms with Crippen LogP contribution < -0.4 is 5.32 Å². The van der Waals surface area contributed by atoms with E-state index < -0.39 is 0 Å². The third kappa shape index (κ3) is 2.76. The van der Waals surface area contributed by atoms with Gasteiger partial charge in [0, 0.05) is 31.2 Å². The molecule has 4 heterocycles. The number of aromatic nitrogens is 6. The summed E-state index contributed by atoms with van der Waals surface area (Å²) in [7, 11) is 2.07. The number of pyridine rings is 1. The summed E-state index contributed by atoms with van der Waals surface area (Å²) in [5.41, 5.74) is 3.14. The lowest BCUT2D eigenvalue weighted by Crippen LogP contribution is -2.44. The Morgan fingerprint density at radius 1 is 1.21 bits per heavy atom. The number of hydrogen-bond donors (Lipinski definition) is 1. The minimum atomic E-state index is 0.0869. The van der Waals surface area contributed by atoms with Gasteiger partial charge in [-0.15, -0.1) is 5.10 Å². The Labute approximate surface area is 161 Å². The van der Waals surface area contributed by atoms with Crippen LogP contribution in [0.25, 0.3) is 28.2 Å². The van der Waals surface area contributed by atoms with Gasteiger partial charge in [0.05, 0.1) is 22.9 Å². The molecule has 1 aliphatic rings. The normalized spacial score (nSPS) is 18.0. The van der Waals surface area contributed by atoms with Crippen LogP contribution in [0.3, 0.4) is 0 Å². The number of nitrogens with zero attached hydrogens (tertiary/aromatic N) is 7. The Balaban J connectivity index is 1.53. The molecule has 1 N–H and O–H groups in total. The lowest BCUT2D eigenvalue weighted by atomic mass is 10.2. The van der Waals surface area contributed by atoms with Crippen LogP contribution in [0.4, 0.5) is 0 Å². The van der Waals surface area contributed by atoms with Crippen LogP contribution in [0.1, 0.15) is 17.6 Å². The fraction of sp³-hybridized carbons (Fsp3) is 0.316. The molecule has 0 radical (unpaired) electrons. The molecule has 3 aromatic heterocycles. The van der Waals surface area contributed by atoms with Crippen LogP contribution >= 0.6 is 0 Å². The van der Waals surface area contributed by atoms with E-state index in [9.17, 15) is 0 Å². The fourth-order valence-corrected chi connectivity index (χ4v) is 3.58. The quantitative estimate of drug-likeness (QED) is 0.577. The second-order valence-corrected chi connectivity index (χ2v) is 6.95. The van der Waals surface area contributed by atoms with Crippen LogP contribution in [-0.4, -0.2) is 61.7 Å². The van der Waals surface area contributed by atoms with Gasteiger partial charge in [0.1, 0.15) is 0 Å². The molecule has 0 bridgehead atoms. The third-order valence-corrected chi connectivity index (χ3v) is 5.19. The zero-order valence-corrected chi connectivity index (χ0v) is 15.7. The maximum atomic E-state index is 5.52. The van der Waals surface area contributed by atoms with Crippen LogP contribution in [-0.2, 0) is 0 Å². The van der Waals surface area contributed by atoms with E-state index in [0.29, 0.717) is 17.4 Å². The predicted octanol–water partition coefficient (Wildman–Crippen LogP) is 1.75. The number of likely N-dealkylation sites (N-methyl/N-ethyl adjacent to an activating group) is 1. The van der Waals surface area contributed by atoms with Gasteiger partial charge in [0.2, 0.25) is 0 Å². The minimum Gasteiger partial charge on any atom is -0.332 e. The van der Waals surface area contributed by atoms with Gasteiger partial charge in [-0.05, 0) is 26.1 Å². The second kappa shape index (κ2) is 6.77. The summed E-state index contributed by atoms with van der Waals surface area (Å²) in [4.78, 5) is 11.3. The van der Waals surface area contributed by atoms with E-state index in [4.69, 9.17) is 4.52 Å². The highest BCUT2D eigenvalue weighted by molar-refractivity contribution is 5.86. The first kappa shape index (κ1) is 17.0. The molecule has 142 valence electrons. The Hall–Kier alpha value is -3.17. The lowest BCUT2D eigenvalue weighted by molar-refractivity contribution is 0.190. The summed E-state index contributed by atoms with van der Waals surface area (Å²) >= 11 is 0. The first-order valence-electron chi connectivity index (χ1n) is 9.24. The standard InChI is InChI=1S/C19H20N8O/c1-12-16(19-22-18(24-28-19)15-11-20-9-10-26(15)2)23-25-27(12)14-7-3-5-13-6-4-8-21-17(13)14/h3-8,15,20H,9-11H2,1-2H3. The van der Waals surface area contributed by atoms with Crippen molar-refractivity contribution >= 4 is 10.9 Å². The molecule has 1 saturated heterocycles. The van der Waals surface area contributed by atoms with Crippen LogP contribution in [0.5, 0.6) is 0 Å². The topological polar surface area (TPSA) is 97.8 Å². The van der Waals surface area contributed by atoms with Crippen molar-refractivity contribution in [1.29, 1.82) is 0 Å². The maximum absolute atomic E-state index is 5.52. The number of para-hydroxylation sites is 1. The Morgan fingerprint density at radius 3 is 3.00 bits per heavy atom. The maximum Gasteiger partial charge on any atom is 0.280 e. The molecule has 5 rings (SSSR count). The van der Waals surface area contributed by atoms with E-state index in [-0.39, 0.29) is 6.04 Å². The van der Waals surface area contributed by atoms with Gasteiger partial charge in [-0.3, -0.25) is 9.88 Å². The summed E-state index contributed by atoms with van der Waals surface area (Å²) in [6, 6.07) is 10.0. The zero-order valence-electron chi connectivity index (χ0n) is 15.7. The summed E-state index contributed by atoms with van der Waals surface area (Å²) in [6.07, 6.45) is 1.78.